The number of benzene rings is 1. The van der Waals surface area contributed by atoms with Gasteiger partial charge in [0.2, 0.25) is 0 Å². The molecule has 0 fully saturated rings. The SMILES string of the molecule is CCC(C)(CCO)NCc1ccccc1OC(F)(F)F. The van der Waals surface area contributed by atoms with Gasteiger partial charge in [-0.3, -0.25) is 0 Å². The van der Waals surface area contributed by atoms with E-state index in [-0.39, 0.29) is 24.4 Å². The largest absolute Gasteiger partial charge is 0.573 e. The molecule has 0 spiro atoms. The van der Waals surface area contributed by atoms with Gasteiger partial charge in [0.15, 0.2) is 0 Å². The Morgan fingerprint density at radius 3 is 2.45 bits per heavy atom. The third-order valence-electron chi connectivity index (χ3n) is 3.35. The Kier molecular flexibility index (Phi) is 5.83. The number of aliphatic hydroxyl groups is 1. The molecule has 0 aliphatic rings. The van der Waals surface area contributed by atoms with E-state index in [0.29, 0.717) is 12.0 Å². The fourth-order valence-corrected chi connectivity index (χ4v) is 1.82. The lowest BCUT2D eigenvalue weighted by Crippen LogP contribution is -2.42. The molecule has 0 saturated heterocycles. The van der Waals surface area contributed by atoms with Gasteiger partial charge in [0.25, 0.3) is 0 Å². The highest BCUT2D eigenvalue weighted by molar-refractivity contribution is 5.33. The van der Waals surface area contributed by atoms with Crippen molar-refractivity contribution in [3.05, 3.63) is 29.8 Å². The molecule has 6 heteroatoms. The maximum atomic E-state index is 12.3. The summed E-state index contributed by atoms with van der Waals surface area (Å²) in [5, 5.41) is 12.2. The van der Waals surface area contributed by atoms with Crippen LogP contribution in [-0.4, -0.2) is 23.6 Å². The predicted molar refractivity (Wildman–Crippen MR) is 70.4 cm³/mol. The lowest BCUT2D eigenvalue weighted by molar-refractivity contribution is -0.274. The van der Waals surface area contributed by atoms with Crippen molar-refractivity contribution in [3.63, 3.8) is 0 Å². The van der Waals surface area contributed by atoms with Gasteiger partial charge in [-0.05, 0) is 25.8 Å². The summed E-state index contributed by atoms with van der Waals surface area (Å²) in [6.07, 6.45) is -3.41. The zero-order chi connectivity index (χ0) is 15.2. The molecule has 0 amide bonds. The molecule has 2 N–H and O–H groups in total. The molecule has 0 bridgehead atoms. The van der Waals surface area contributed by atoms with Gasteiger partial charge in [0.1, 0.15) is 5.75 Å². The Labute approximate surface area is 116 Å². The molecule has 0 radical (unpaired) electrons. The average molecular weight is 291 g/mol. The minimum absolute atomic E-state index is 0.0258. The van der Waals surface area contributed by atoms with E-state index in [1.54, 1.807) is 12.1 Å². The second-order valence-corrected chi connectivity index (χ2v) is 4.90. The van der Waals surface area contributed by atoms with Crippen LogP contribution < -0.4 is 10.1 Å². The molecule has 0 saturated carbocycles. The minimum Gasteiger partial charge on any atom is -0.405 e. The highest BCUT2D eigenvalue weighted by Gasteiger charge is 2.32. The van der Waals surface area contributed by atoms with Crippen molar-refractivity contribution >= 4 is 0 Å². The van der Waals surface area contributed by atoms with Crippen LogP contribution in [0.4, 0.5) is 13.2 Å². The lowest BCUT2D eigenvalue weighted by Gasteiger charge is -2.29. The minimum atomic E-state index is -4.70. The van der Waals surface area contributed by atoms with E-state index in [9.17, 15) is 13.2 Å². The Balaban J connectivity index is 2.77. The first kappa shape index (κ1) is 16.8. The van der Waals surface area contributed by atoms with Gasteiger partial charge in [-0.15, -0.1) is 13.2 Å². The molecule has 0 heterocycles. The van der Waals surface area contributed by atoms with E-state index in [4.69, 9.17) is 5.11 Å². The quantitative estimate of drug-likeness (QED) is 0.810. The fourth-order valence-electron chi connectivity index (χ4n) is 1.82. The van der Waals surface area contributed by atoms with Gasteiger partial charge in [-0.2, -0.15) is 0 Å². The first-order valence-electron chi connectivity index (χ1n) is 6.49. The molecule has 114 valence electrons. The van der Waals surface area contributed by atoms with Crippen LogP contribution in [0.15, 0.2) is 24.3 Å². The molecule has 1 rings (SSSR count). The lowest BCUT2D eigenvalue weighted by atomic mass is 9.94. The number of nitrogens with one attached hydrogen (secondary N) is 1. The molecule has 1 atom stereocenters. The fraction of sp³-hybridized carbons (Fsp3) is 0.571. The summed E-state index contributed by atoms with van der Waals surface area (Å²) >= 11 is 0. The highest BCUT2D eigenvalue weighted by Crippen LogP contribution is 2.27. The van der Waals surface area contributed by atoms with Crippen molar-refractivity contribution in [2.75, 3.05) is 6.61 Å². The van der Waals surface area contributed by atoms with E-state index in [1.165, 1.54) is 12.1 Å². The van der Waals surface area contributed by atoms with Crippen LogP contribution in [0.3, 0.4) is 0 Å². The van der Waals surface area contributed by atoms with Crippen molar-refractivity contribution in [3.8, 4) is 5.75 Å². The Morgan fingerprint density at radius 2 is 1.90 bits per heavy atom. The van der Waals surface area contributed by atoms with E-state index in [0.717, 1.165) is 6.42 Å². The molecule has 0 aliphatic heterocycles. The van der Waals surface area contributed by atoms with Gasteiger partial charge in [-0.25, -0.2) is 0 Å². The smallest absolute Gasteiger partial charge is 0.405 e. The number of aliphatic hydroxyl groups excluding tert-OH is 1. The highest BCUT2D eigenvalue weighted by atomic mass is 19.4. The summed E-state index contributed by atoms with van der Waals surface area (Å²) in [4.78, 5) is 0. The second kappa shape index (κ2) is 6.95. The van der Waals surface area contributed by atoms with Crippen molar-refractivity contribution in [1.82, 2.24) is 5.32 Å². The van der Waals surface area contributed by atoms with E-state index in [1.807, 2.05) is 13.8 Å². The average Bonchev–Trinajstić information content (AvgIpc) is 2.36. The van der Waals surface area contributed by atoms with Crippen LogP contribution >= 0.6 is 0 Å². The summed E-state index contributed by atoms with van der Waals surface area (Å²) < 4.78 is 40.9. The third kappa shape index (κ3) is 5.38. The standard InChI is InChI=1S/C14H20F3NO2/c1-3-13(2,8-9-19)18-10-11-6-4-5-7-12(11)20-14(15,16)17/h4-7,18-19H,3,8-10H2,1-2H3. The van der Waals surface area contributed by atoms with Crippen LogP contribution in [0.25, 0.3) is 0 Å². The van der Waals surface area contributed by atoms with Crippen LogP contribution in [-0.2, 0) is 6.54 Å². The zero-order valence-corrected chi connectivity index (χ0v) is 11.6. The summed E-state index contributed by atoms with van der Waals surface area (Å²) in [7, 11) is 0. The van der Waals surface area contributed by atoms with Crippen molar-refractivity contribution < 1.29 is 23.0 Å². The monoisotopic (exact) mass is 291 g/mol. The summed E-state index contributed by atoms with van der Waals surface area (Å²) in [5.74, 6) is -0.199. The molecule has 0 aromatic heterocycles. The number of hydrogen-bond donors (Lipinski definition) is 2. The molecule has 1 unspecified atom stereocenters. The molecule has 1 aromatic carbocycles. The van der Waals surface area contributed by atoms with Crippen LogP contribution in [0.5, 0.6) is 5.75 Å². The first-order chi connectivity index (χ1) is 9.29. The van der Waals surface area contributed by atoms with Gasteiger partial charge < -0.3 is 15.2 Å². The summed E-state index contributed by atoms with van der Waals surface area (Å²) in [5.41, 5.74) is 0.113. The van der Waals surface area contributed by atoms with Crippen LogP contribution in [0.1, 0.15) is 32.3 Å². The van der Waals surface area contributed by atoms with E-state index in [2.05, 4.69) is 10.1 Å². The second-order valence-electron chi connectivity index (χ2n) is 4.90. The number of halogens is 3. The van der Waals surface area contributed by atoms with Crippen molar-refractivity contribution in [2.24, 2.45) is 0 Å². The van der Waals surface area contributed by atoms with Crippen molar-refractivity contribution in [1.29, 1.82) is 0 Å². The van der Waals surface area contributed by atoms with E-state index >= 15 is 0 Å². The number of rotatable bonds is 7. The topological polar surface area (TPSA) is 41.5 Å². The number of alkyl halides is 3. The van der Waals surface area contributed by atoms with E-state index < -0.39 is 6.36 Å². The van der Waals surface area contributed by atoms with Gasteiger partial charge in [0, 0.05) is 24.3 Å². The number of para-hydroxylation sites is 1. The van der Waals surface area contributed by atoms with Crippen LogP contribution in [0, 0.1) is 0 Å². The molecular formula is C14H20F3NO2. The van der Waals surface area contributed by atoms with Gasteiger partial charge >= 0.3 is 6.36 Å². The molecule has 1 aromatic rings. The molecular weight excluding hydrogens is 271 g/mol. The normalized spacial score (nSPS) is 14.9. The van der Waals surface area contributed by atoms with Crippen LogP contribution in [0.2, 0.25) is 0 Å². The summed E-state index contributed by atoms with van der Waals surface area (Å²) in [6.45, 7) is 4.16. The third-order valence-corrected chi connectivity index (χ3v) is 3.35. The maximum absolute atomic E-state index is 12.3. The maximum Gasteiger partial charge on any atom is 0.573 e. The predicted octanol–water partition coefficient (Wildman–Crippen LogP) is 3.23. The Hall–Kier alpha value is -1.27. The first-order valence-corrected chi connectivity index (χ1v) is 6.49. The molecule has 3 nitrogen and oxygen atoms in total. The van der Waals surface area contributed by atoms with Crippen molar-refractivity contribution in [2.45, 2.75) is 45.1 Å². The summed E-state index contributed by atoms with van der Waals surface area (Å²) in [6, 6.07) is 6.04. The van der Waals surface area contributed by atoms with Gasteiger partial charge in [0.05, 0.1) is 0 Å². The Morgan fingerprint density at radius 1 is 1.25 bits per heavy atom. The number of ether oxygens (including phenoxy) is 1. The number of hydrogen-bond acceptors (Lipinski definition) is 3. The molecule has 0 aliphatic carbocycles. The Bertz CT molecular complexity index is 423. The molecule has 20 heavy (non-hydrogen) atoms. The van der Waals surface area contributed by atoms with Gasteiger partial charge in [-0.1, -0.05) is 25.1 Å². The zero-order valence-electron chi connectivity index (χ0n) is 11.6.